The molecule has 0 fully saturated rings. The highest BCUT2D eigenvalue weighted by Crippen LogP contribution is 2.29. The largest absolute Gasteiger partial charge is 0.457 e. The summed E-state index contributed by atoms with van der Waals surface area (Å²) in [5.74, 6) is 1.22. The van der Waals surface area contributed by atoms with Crippen molar-refractivity contribution < 1.29 is 9.47 Å². The summed E-state index contributed by atoms with van der Waals surface area (Å²) in [4.78, 5) is 0.268. The van der Waals surface area contributed by atoms with Crippen LogP contribution in [0.5, 0.6) is 11.5 Å². The second-order valence-electron chi connectivity index (χ2n) is 4.19. The van der Waals surface area contributed by atoms with Crippen LogP contribution in [0.4, 0.5) is 0 Å². The molecule has 3 nitrogen and oxygen atoms in total. The van der Waals surface area contributed by atoms with Crippen LogP contribution in [0.15, 0.2) is 42.5 Å². The zero-order valence-electron chi connectivity index (χ0n) is 10.9. The number of halogens is 1. The van der Waals surface area contributed by atoms with E-state index >= 15 is 0 Å². The molecule has 0 spiro atoms. The summed E-state index contributed by atoms with van der Waals surface area (Å²) in [5.41, 5.74) is 7.36. The molecule has 0 atom stereocenters. The maximum Gasteiger partial charge on any atom is 0.139 e. The van der Waals surface area contributed by atoms with Crippen molar-refractivity contribution in [1.82, 2.24) is 0 Å². The molecule has 0 saturated carbocycles. The molecule has 5 heteroatoms. The monoisotopic (exact) mass is 307 g/mol. The van der Waals surface area contributed by atoms with Crippen LogP contribution in [0.1, 0.15) is 11.1 Å². The summed E-state index contributed by atoms with van der Waals surface area (Å²) in [7, 11) is 1.65. The van der Waals surface area contributed by atoms with E-state index in [0.717, 1.165) is 5.56 Å². The number of hydrogen-bond donors (Lipinski definition) is 1. The minimum atomic E-state index is 0.268. The summed E-state index contributed by atoms with van der Waals surface area (Å²) >= 11 is 11.0. The summed E-state index contributed by atoms with van der Waals surface area (Å²) < 4.78 is 10.9. The van der Waals surface area contributed by atoms with Crippen molar-refractivity contribution in [3.05, 3.63) is 58.6 Å². The zero-order valence-corrected chi connectivity index (χ0v) is 12.5. The highest BCUT2D eigenvalue weighted by molar-refractivity contribution is 7.80. The zero-order chi connectivity index (χ0) is 14.5. The molecule has 2 aromatic carbocycles. The molecule has 0 saturated heterocycles. The molecule has 0 aliphatic rings. The van der Waals surface area contributed by atoms with Crippen molar-refractivity contribution in [1.29, 1.82) is 0 Å². The summed E-state index contributed by atoms with van der Waals surface area (Å²) in [6.07, 6.45) is 0. The van der Waals surface area contributed by atoms with Crippen LogP contribution in [-0.4, -0.2) is 12.1 Å². The second kappa shape index (κ2) is 6.70. The first-order chi connectivity index (χ1) is 9.60. The third-order valence-corrected chi connectivity index (χ3v) is 3.10. The van der Waals surface area contributed by atoms with Gasteiger partial charge in [0.15, 0.2) is 0 Å². The van der Waals surface area contributed by atoms with E-state index in [2.05, 4.69) is 0 Å². The molecule has 0 aromatic heterocycles. The minimum Gasteiger partial charge on any atom is -0.457 e. The minimum absolute atomic E-state index is 0.268. The van der Waals surface area contributed by atoms with Crippen molar-refractivity contribution in [3.63, 3.8) is 0 Å². The van der Waals surface area contributed by atoms with Gasteiger partial charge in [-0.1, -0.05) is 36.0 Å². The highest BCUT2D eigenvalue weighted by Gasteiger charge is 2.09. The van der Waals surface area contributed by atoms with Crippen molar-refractivity contribution in [2.45, 2.75) is 6.61 Å². The van der Waals surface area contributed by atoms with Crippen molar-refractivity contribution >= 4 is 28.8 Å². The maximum absolute atomic E-state index is 5.98. The van der Waals surface area contributed by atoms with E-state index in [1.165, 1.54) is 0 Å². The molecule has 0 aliphatic carbocycles. The van der Waals surface area contributed by atoms with Crippen LogP contribution >= 0.6 is 23.8 Å². The Morgan fingerprint density at radius 3 is 2.75 bits per heavy atom. The summed E-state index contributed by atoms with van der Waals surface area (Å²) in [6, 6.07) is 12.8. The molecule has 20 heavy (non-hydrogen) atoms. The second-order valence-corrected chi connectivity index (χ2v) is 5.06. The molecule has 2 rings (SSSR count). The lowest BCUT2D eigenvalue weighted by molar-refractivity contribution is 0.184. The number of benzene rings is 2. The molecule has 104 valence electrons. The van der Waals surface area contributed by atoms with Crippen LogP contribution < -0.4 is 10.5 Å². The van der Waals surface area contributed by atoms with Gasteiger partial charge in [0.2, 0.25) is 0 Å². The van der Waals surface area contributed by atoms with E-state index in [9.17, 15) is 0 Å². The van der Waals surface area contributed by atoms with E-state index in [-0.39, 0.29) is 4.99 Å². The van der Waals surface area contributed by atoms with Gasteiger partial charge in [0, 0.05) is 18.2 Å². The number of ether oxygens (including phenoxy) is 2. The number of methoxy groups -OCH3 is 1. The van der Waals surface area contributed by atoms with Crippen LogP contribution in [0, 0.1) is 0 Å². The highest BCUT2D eigenvalue weighted by atomic mass is 35.5. The number of rotatable bonds is 5. The quantitative estimate of drug-likeness (QED) is 0.851. The van der Waals surface area contributed by atoms with Gasteiger partial charge in [0.25, 0.3) is 0 Å². The van der Waals surface area contributed by atoms with Gasteiger partial charge in [-0.2, -0.15) is 0 Å². The Balaban J connectivity index is 2.31. The third-order valence-electron chi connectivity index (χ3n) is 2.65. The lowest BCUT2D eigenvalue weighted by Crippen LogP contribution is -2.10. The average molecular weight is 308 g/mol. The molecule has 0 amide bonds. The van der Waals surface area contributed by atoms with Gasteiger partial charge < -0.3 is 15.2 Å². The molecule has 2 aromatic rings. The van der Waals surface area contributed by atoms with Crippen LogP contribution in [0.3, 0.4) is 0 Å². The predicted octanol–water partition coefficient (Wildman–Crippen LogP) is 3.91. The molecule has 0 unspecified atom stereocenters. The Morgan fingerprint density at radius 2 is 2.05 bits per heavy atom. The molecular weight excluding hydrogens is 294 g/mol. The fraction of sp³-hybridized carbons (Fsp3) is 0.133. The third kappa shape index (κ3) is 3.70. The first kappa shape index (κ1) is 14.8. The first-order valence-corrected chi connectivity index (χ1v) is 6.74. The fourth-order valence-electron chi connectivity index (χ4n) is 1.78. The Morgan fingerprint density at radius 1 is 1.25 bits per heavy atom. The van der Waals surface area contributed by atoms with Gasteiger partial charge >= 0.3 is 0 Å². The van der Waals surface area contributed by atoms with Gasteiger partial charge in [0.1, 0.15) is 16.5 Å². The smallest absolute Gasteiger partial charge is 0.139 e. The lowest BCUT2D eigenvalue weighted by atomic mass is 10.2. The Labute approximate surface area is 128 Å². The molecular formula is C15H14ClNO2S. The number of thiocarbonyl (C=S) groups is 1. The van der Waals surface area contributed by atoms with Crippen LogP contribution in [0.2, 0.25) is 5.02 Å². The first-order valence-electron chi connectivity index (χ1n) is 5.95. The predicted molar refractivity (Wildman–Crippen MR) is 84.6 cm³/mol. The summed E-state index contributed by atoms with van der Waals surface area (Å²) in [6.45, 7) is 0.523. The normalized spacial score (nSPS) is 10.3. The van der Waals surface area contributed by atoms with E-state index in [0.29, 0.717) is 28.7 Å². The van der Waals surface area contributed by atoms with E-state index in [4.69, 9.17) is 39.0 Å². The molecule has 0 bridgehead atoms. The molecule has 0 aliphatic heterocycles. The van der Waals surface area contributed by atoms with Crippen molar-refractivity contribution in [2.75, 3.05) is 7.11 Å². The molecule has 2 N–H and O–H groups in total. The van der Waals surface area contributed by atoms with Crippen molar-refractivity contribution in [2.24, 2.45) is 5.73 Å². The Bertz CT molecular complexity index is 631. The van der Waals surface area contributed by atoms with Gasteiger partial charge in [-0.05, 0) is 29.8 Å². The topological polar surface area (TPSA) is 44.5 Å². The Kier molecular flexibility index (Phi) is 4.95. The number of nitrogens with two attached hydrogens (primary N) is 1. The van der Waals surface area contributed by atoms with Gasteiger partial charge in [0.05, 0.1) is 12.2 Å². The summed E-state index contributed by atoms with van der Waals surface area (Å²) in [5, 5.41) is 0.563. The maximum atomic E-state index is 5.98. The van der Waals surface area contributed by atoms with Gasteiger partial charge in [-0.25, -0.2) is 0 Å². The Hall–Kier alpha value is -1.62. The van der Waals surface area contributed by atoms with E-state index in [1.807, 2.05) is 24.3 Å². The fourth-order valence-corrected chi connectivity index (χ4v) is 2.11. The van der Waals surface area contributed by atoms with Crippen molar-refractivity contribution in [3.8, 4) is 11.5 Å². The average Bonchev–Trinajstić information content (AvgIpc) is 2.39. The van der Waals surface area contributed by atoms with Crippen LogP contribution in [-0.2, 0) is 11.3 Å². The van der Waals surface area contributed by atoms with Gasteiger partial charge in [-0.15, -0.1) is 0 Å². The van der Waals surface area contributed by atoms with Crippen LogP contribution in [0.25, 0.3) is 0 Å². The molecule has 0 radical (unpaired) electrons. The SMILES string of the molecule is COCc1cccc(Oc2cc(Cl)ccc2C(N)=S)c1. The standard InChI is InChI=1S/C15H14ClNO2S/c1-18-9-10-3-2-4-12(7-10)19-14-8-11(16)5-6-13(14)15(17)20/h2-8H,9H2,1H3,(H2,17,20). The lowest BCUT2D eigenvalue weighted by Gasteiger charge is -2.11. The van der Waals surface area contributed by atoms with Gasteiger partial charge in [-0.3, -0.25) is 0 Å². The van der Waals surface area contributed by atoms with E-state index < -0.39 is 0 Å². The molecule has 0 heterocycles. The number of hydrogen-bond acceptors (Lipinski definition) is 3. The van der Waals surface area contributed by atoms with E-state index in [1.54, 1.807) is 25.3 Å².